The van der Waals surface area contributed by atoms with Gasteiger partial charge < -0.3 is 11.5 Å². The average molecular weight is 285 g/mol. The molecule has 0 heterocycles. The van der Waals surface area contributed by atoms with Crippen LogP contribution in [0, 0.1) is 12.8 Å². The van der Waals surface area contributed by atoms with Crippen molar-refractivity contribution in [3.05, 3.63) is 33.8 Å². The van der Waals surface area contributed by atoms with Crippen molar-refractivity contribution in [1.82, 2.24) is 0 Å². The van der Waals surface area contributed by atoms with E-state index >= 15 is 0 Å². The van der Waals surface area contributed by atoms with Gasteiger partial charge >= 0.3 is 0 Å². The Bertz CT molecular complexity index is 335. The van der Waals surface area contributed by atoms with E-state index in [-0.39, 0.29) is 0 Å². The molecule has 3 heteroatoms. The molecule has 16 heavy (non-hydrogen) atoms. The molecule has 1 rings (SSSR count). The molecule has 1 aromatic rings. The Morgan fingerprint density at radius 2 is 1.88 bits per heavy atom. The van der Waals surface area contributed by atoms with Crippen LogP contribution in [0.25, 0.3) is 0 Å². The molecule has 1 aromatic carbocycles. The summed E-state index contributed by atoms with van der Waals surface area (Å²) in [6.07, 6.45) is 1.05. The molecule has 0 spiro atoms. The van der Waals surface area contributed by atoms with Gasteiger partial charge in [-0.1, -0.05) is 35.0 Å². The Labute approximate surface area is 107 Å². The lowest BCUT2D eigenvalue weighted by Crippen LogP contribution is -2.24. The van der Waals surface area contributed by atoms with Gasteiger partial charge in [0.05, 0.1) is 0 Å². The first kappa shape index (κ1) is 13.7. The predicted molar refractivity (Wildman–Crippen MR) is 73.5 cm³/mol. The van der Waals surface area contributed by atoms with E-state index in [0.29, 0.717) is 24.9 Å². The van der Waals surface area contributed by atoms with Crippen LogP contribution in [0.15, 0.2) is 22.7 Å². The minimum Gasteiger partial charge on any atom is -0.330 e. The van der Waals surface area contributed by atoms with Crippen molar-refractivity contribution in [1.29, 1.82) is 0 Å². The van der Waals surface area contributed by atoms with Crippen molar-refractivity contribution in [2.45, 2.75) is 26.2 Å². The molecule has 0 amide bonds. The zero-order chi connectivity index (χ0) is 12.1. The zero-order valence-electron chi connectivity index (χ0n) is 10.0. The second-order valence-corrected chi connectivity index (χ2v) is 5.35. The van der Waals surface area contributed by atoms with Gasteiger partial charge in [-0.25, -0.2) is 0 Å². The van der Waals surface area contributed by atoms with Crippen molar-refractivity contribution in [3.63, 3.8) is 0 Å². The van der Waals surface area contributed by atoms with Gasteiger partial charge in [0, 0.05) is 4.47 Å². The molecule has 1 unspecified atom stereocenters. The maximum atomic E-state index is 5.68. The lowest BCUT2D eigenvalue weighted by Gasteiger charge is -2.19. The number of benzene rings is 1. The highest BCUT2D eigenvalue weighted by Crippen LogP contribution is 2.29. The molecule has 0 aliphatic heterocycles. The lowest BCUT2D eigenvalue weighted by molar-refractivity contribution is 0.465. The van der Waals surface area contributed by atoms with Crippen LogP contribution in [0.4, 0.5) is 0 Å². The van der Waals surface area contributed by atoms with Gasteiger partial charge in [-0.15, -0.1) is 0 Å². The minimum atomic E-state index is 0.420. The SMILES string of the molecule is Cc1ccc(C(C)CC(CN)CN)c(Br)c1. The Kier molecular flexibility index (Phi) is 5.46. The maximum Gasteiger partial charge on any atom is 0.0212 e. The first-order valence-corrected chi connectivity index (χ1v) is 6.54. The van der Waals surface area contributed by atoms with Crippen LogP contribution in [-0.4, -0.2) is 13.1 Å². The molecule has 4 N–H and O–H groups in total. The summed E-state index contributed by atoms with van der Waals surface area (Å²) in [5.41, 5.74) is 14.0. The molecule has 0 aliphatic carbocycles. The number of nitrogens with two attached hydrogens (primary N) is 2. The van der Waals surface area contributed by atoms with Gasteiger partial charge in [0.25, 0.3) is 0 Å². The molecule has 0 radical (unpaired) electrons. The third-order valence-electron chi connectivity index (χ3n) is 3.04. The Balaban J connectivity index is 2.76. The Hall–Kier alpha value is -0.380. The molecular weight excluding hydrogens is 264 g/mol. The predicted octanol–water partition coefficient (Wildman–Crippen LogP) is 2.78. The van der Waals surface area contributed by atoms with Crippen LogP contribution in [0.2, 0.25) is 0 Å². The van der Waals surface area contributed by atoms with Crippen LogP contribution >= 0.6 is 15.9 Å². The fourth-order valence-electron chi connectivity index (χ4n) is 1.95. The van der Waals surface area contributed by atoms with Gasteiger partial charge in [0.2, 0.25) is 0 Å². The zero-order valence-corrected chi connectivity index (χ0v) is 11.6. The van der Waals surface area contributed by atoms with Gasteiger partial charge in [-0.05, 0) is 55.5 Å². The average Bonchev–Trinajstić information content (AvgIpc) is 2.25. The van der Waals surface area contributed by atoms with Crippen molar-refractivity contribution < 1.29 is 0 Å². The van der Waals surface area contributed by atoms with E-state index in [2.05, 4.69) is 48.0 Å². The normalized spacial score (nSPS) is 13.1. The smallest absolute Gasteiger partial charge is 0.0212 e. The summed E-state index contributed by atoms with van der Waals surface area (Å²) in [6, 6.07) is 6.50. The van der Waals surface area contributed by atoms with E-state index in [9.17, 15) is 0 Å². The molecule has 0 aromatic heterocycles. The van der Waals surface area contributed by atoms with E-state index < -0.39 is 0 Å². The van der Waals surface area contributed by atoms with Crippen LogP contribution in [-0.2, 0) is 0 Å². The van der Waals surface area contributed by atoms with Crippen molar-refractivity contribution >= 4 is 15.9 Å². The number of halogens is 1. The standard InChI is InChI=1S/C13H21BrN2/c1-9-3-4-12(13(14)5-9)10(2)6-11(7-15)8-16/h3-5,10-11H,6-8,15-16H2,1-2H3. The highest BCUT2D eigenvalue weighted by molar-refractivity contribution is 9.10. The second kappa shape index (κ2) is 6.38. The largest absolute Gasteiger partial charge is 0.330 e. The molecular formula is C13H21BrN2. The highest BCUT2D eigenvalue weighted by atomic mass is 79.9. The second-order valence-electron chi connectivity index (χ2n) is 4.50. The monoisotopic (exact) mass is 284 g/mol. The molecule has 2 nitrogen and oxygen atoms in total. The molecule has 0 saturated heterocycles. The highest BCUT2D eigenvalue weighted by Gasteiger charge is 2.14. The van der Waals surface area contributed by atoms with Crippen LogP contribution in [0.5, 0.6) is 0 Å². The van der Waals surface area contributed by atoms with Crippen molar-refractivity contribution in [2.75, 3.05) is 13.1 Å². The molecule has 0 saturated carbocycles. The molecule has 0 aliphatic rings. The molecule has 90 valence electrons. The number of hydrogen-bond donors (Lipinski definition) is 2. The summed E-state index contributed by atoms with van der Waals surface area (Å²) >= 11 is 3.62. The van der Waals surface area contributed by atoms with E-state index in [0.717, 1.165) is 6.42 Å². The number of hydrogen-bond acceptors (Lipinski definition) is 2. The topological polar surface area (TPSA) is 52.0 Å². The van der Waals surface area contributed by atoms with Crippen molar-refractivity contribution in [2.24, 2.45) is 17.4 Å². The Morgan fingerprint density at radius 1 is 1.25 bits per heavy atom. The van der Waals surface area contributed by atoms with Gasteiger partial charge in [-0.2, -0.15) is 0 Å². The first-order valence-electron chi connectivity index (χ1n) is 5.74. The number of aryl methyl sites for hydroxylation is 1. The Morgan fingerprint density at radius 3 is 2.38 bits per heavy atom. The van der Waals surface area contributed by atoms with E-state index in [1.54, 1.807) is 0 Å². The summed E-state index contributed by atoms with van der Waals surface area (Å²) < 4.78 is 1.19. The molecule has 0 bridgehead atoms. The summed E-state index contributed by atoms with van der Waals surface area (Å²) in [7, 11) is 0. The third-order valence-corrected chi connectivity index (χ3v) is 3.73. The summed E-state index contributed by atoms with van der Waals surface area (Å²) in [6.45, 7) is 5.67. The van der Waals surface area contributed by atoms with E-state index in [4.69, 9.17) is 11.5 Å². The third kappa shape index (κ3) is 3.58. The summed E-state index contributed by atoms with van der Waals surface area (Å²) in [5.74, 6) is 0.912. The van der Waals surface area contributed by atoms with E-state index in [1.165, 1.54) is 15.6 Å². The molecule has 1 atom stereocenters. The lowest BCUT2D eigenvalue weighted by atomic mass is 9.90. The first-order chi connectivity index (χ1) is 7.58. The van der Waals surface area contributed by atoms with Crippen LogP contribution in [0.3, 0.4) is 0 Å². The number of rotatable bonds is 5. The fourth-order valence-corrected chi connectivity index (χ4v) is 2.83. The summed E-state index contributed by atoms with van der Waals surface area (Å²) in [5, 5.41) is 0. The van der Waals surface area contributed by atoms with Crippen molar-refractivity contribution in [3.8, 4) is 0 Å². The summed E-state index contributed by atoms with van der Waals surface area (Å²) in [4.78, 5) is 0. The van der Waals surface area contributed by atoms with Gasteiger partial charge in [0.1, 0.15) is 0 Å². The minimum absolute atomic E-state index is 0.420. The van der Waals surface area contributed by atoms with E-state index in [1.807, 2.05) is 0 Å². The maximum absolute atomic E-state index is 5.68. The van der Waals surface area contributed by atoms with Crippen LogP contribution < -0.4 is 11.5 Å². The van der Waals surface area contributed by atoms with Gasteiger partial charge in [0.15, 0.2) is 0 Å². The quantitative estimate of drug-likeness (QED) is 0.874. The molecule has 0 fully saturated rings. The fraction of sp³-hybridized carbons (Fsp3) is 0.538. The van der Waals surface area contributed by atoms with Gasteiger partial charge in [-0.3, -0.25) is 0 Å². The van der Waals surface area contributed by atoms with Crippen LogP contribution in [0.1, 0.15) is 30.4 Å².